The van der Waals surface area contributed by atoms with Crippen LogP contribution >= 0.6 is 0 Å². The zero-order valence-corrected chi connectivity index (χ0v) is 19.3. The number of aromatic nitrogens is 3. The van der Waals surface area contributed by atoms with Crippen molar-refractivity contribution < 1.29 is 31.0 Å². The highest BCUT2D eigenvalue weighted by Crippen LogP contribution is 2.53. The van der Waals surface area contributed by atoms with E-state index in [1.807, 2.05) is 0 Å². The van der Waals surface area contributed by atoms with Crippen LogP contribution in [0.2, 0.25) is 0 Å². The molecule has 2 N–H and O–H groups in total. The van der Waals surface area contributed by atoms with E-state index in [4.69, 9.17) is 4.78 Å². The molecule has 0 aromatic carbocycles. The minimum atomic E-state index is -4.89. The number of pyridine rings is 1. The SMILES string of the molecule is CC1(Cn2nc(C3CCC3)c(C(F)(F)F)c2C(=O)Nc2ccnc([S@](C)(=N)=O)c2)CC(F)(F)C1. The monoisotopic (exact) mass is 505 g/mol. The molecule has 34 heavy (non-hydrogen) atoms. The molecular weight excluding hydrogens is 481 g/mol. The summed E-state index contributed by atoms with van der Waals surface area (Å²) in [5.74, 6) is -4.48. The van der Waals surface area contributed by atoms with E-state index in [0.717, 1.165) is 23.4 Å². The van der Waals surface area contributed by atoms with Crippen molar-refractivity contribution in [1.29, 1.82) is 4.78 Å². The molecule has 0 saturated heterocycles. The van der Waals surface area contributed by atoms with Gasteiger partial charge in [0.25, 0.3) is 5.91 Å². The number of nitrogens with zero attached hydrogens (tertiary/aromatic N) is 3. The Hall–Kier alpha value is -2.57. The Morgan fingerprint density at radius 2 is 1.97 bits per heavy atom. The molecule has 0 spiro atoms. The summed E-state index contributed by atoms with van der Waals surface area (Å²) < 4.78 is 90.2. The van der Waals surface area contributed by atoms with Crippen LogP contribution < -0.4 is 5.32 Å². The highest BCUT2D eigenvalue weighted by molar-refractivity contribution is 7.91. The Kier molecular flexibility index (Phi) is 5.77. The molecular formula is C21H24F5N5O2S. The van der Waals surface area contributed by atoms with Gasteiger partial charge in [-0.2, -0.15) is 18.3 Å². The van der Waals surface area contributed by atoms with Crippen molar-refractivity contribution in [2.75, 3.05) is 11.6 Å². The minimum Gasteiger partial charge on any atom is -0.320 e. The molecule has 186 valence electrons. The van der Waals surface area contributed by atoms with Gasteiger partial charge in [0.2, 0.25) is 5.92 Å². The van der Waals surface area contributed by atoms with Crippen molar-refractivity contribution in [3.63, 3.8) is 0 Å². The van der Waals surface area contributed by atoms with Crippen LogP contribution in [0, 0.1) is 10.2 Å². The largest absolute Gasteiger partial charge is 0.420 e. The van der Waals surface area contributed by atoms with Crippen LogP contribution in [-0.4, -0.2) is 37.1 Å². The number of rotatable bonds is 6. The molecule has 0 bridgehead atoms. The zero-order valence-electron chi connectivity index (χ0n) is 18.5. The number of hydrogen-bond acceptors (Lipinski definition) is 5. The lowest BCUT2D eigenvalue weighted by molar-refractivity contribution is -0.160. The van der Waals surface area contributed by atoms with Gasteiger partial charge < -0.3 is 5.32 Å². The average Bonchev–Trinajstić information content (AvgIpc) is 2.96. The van der Waals surface area contributed by atoms with E-state index in [2.05, 4.69) is 15.4 Å². The van der Waals surface area contributed by atoms with E-state index in [1.54, 1.807) is 0 Å². The molecule has 0 radical (unpaired) electrons. The van der Waals surface area contributed by atoms with Gasteiger partial charge in [0.15, 0.2) is 0 Å². The highest BCUT2D eigenvalue weighted by Gasteiger charge is 2.55. The summed E-state index contributed by atoms with van der Waals surface area (Å²) in [6, 6.07) is 2.45. The van der Waals surface area contributed by atoms with E-state index in [-0.39, 0.29) is 23.0 Å². The van der Waals surface area contributed by atoms with Crippen LogP contribution in [0.5, 0.6) is 0 Å². The summed E-state index contributed by atoms with van der Waals surface area (Å²) in [6.45, 7) is 1.27. The molecule has 1 atom stereocenters. The van der Waals surface area contributed by atoms with Gasteiger partial charge in [0.1, 0.15) is 16.3 Å². The van der Waals surface area contributed by atoms with Crippen molar-refractivity contribution in [3.8, 4) is 0 Å². The fourth-order valence-electron chi connectivity index (χ4n) is 4.63. The van der Waals surface area contributed by atoms with E-state index >= 15 is 0 Å². The van der Waals surface area contributed by atoms with Gasteiger partial charge >= 0.3 is 6.18 Å². The standard InChI is InChI=1S/C21H24F5N5O2S/c1-19(9-20(22,23)10-19)11-31-17(15(21(24,25)26)16(30-31)12-4-3-5-12)18(32)29-13-6-7-28-14(8-13)34(2,27)33/h6-8,12,27H,3-5,9-11H2,1-2H3,(H,28,29,32)/t34-/m1/s1. The molecule has 7 nitrogen and oxygen atoms in total. The molecule has 13 heteroatoms. The summed E-state index contributed by atoms with van der Waals surface area (Å²) >= 11 is 0. The number of nitrogens with one attached hydrogen (secondary N) is 2. The number of amides is 1. The maximum atomic E-state index is 14.2. The van der Waals surface area contributed by atoms with Crippen molar-refractivity contribution in [2.24, 2.45) is 5.41 Å². The number of carbonyl (C=O) groups is 1. The Bertz CT molecular complexity index is 1230. The molecule has 0 aliphatic heterocycles. The quantitative estimate of drug-likeness (QED) is 0.521. The number of halogens is 5. The summed E-state index contributed by atoms with van der Waals surface area (Å²) in [5.41, 5.74) is -3.14. The molecule has 2 fully saturated rings. The average molecular weight is 506 g/mol. The van der Waals surface area contributed by atoms with Gasteiger partial charge in [-0.25, -0.2) is 22.8 Å². The number of alkyl halides is 5. The molecule has 2 aromatic rings. The summed E-state index contributed by atoms with van der Waals surface area (Å²) in [7, 11) is -3.23. The Morgan fingerprint density at radius 1 is 1.32 bits per heavy atom. The molecule has 2 heterocycles. The molecule has 1 amide bonds. The maximum Gasteiger partial charge on any atom is 0.420 e. The van der Waals surface area contributed by atoms with Gasteiger partial charge in [-0.15, -0.1) is 0 Å². The fourth-order valence-corrected chi connectivity index (χ4v) is 5.25. The smallest absolute Gasteiger partial charge is 0.320 e. The van der Waals surface area contributed by atoms with Crippen molar-refractivity contribution in [2.45, 2.75) is 68.6 Å². The number of carbonyl (C=O) groups excluding carboxylic acids is 1. The van der Waals surface area contributed by atoms with Gasteiger partial charge in [-0.3, -0.25) is 9.48 Å². The lowest BCUT2D eigenvalue weighted by atomic mass is 9.67. The number of anilines is 1. The van der Waals surface area contributed by atoms with E-state index < -0.39 is 63.2 Å². The van der Waals surface area contributed by atoms with E-state index in [1.165, 1.54) is 19.2 Å². The van der Waals surface area contributed by atoms with Gasteiger partial charge in [0.05, 0.1) is 15.4 Å². The van der Waals surface area contributed by atoms with Crippen LogP contribution in [-0.2, 0) is 22.5 Å². The van der Waals surface area contributed by atoms with Gasteiger partial charge in [0, 0.05) is 43.4 Å². The van der Waals surface area contributed by atoms with Crippen molar-refractivity contribution >= 4 is 21.3 Å². The van der Waals surface area contributed by atoms with Crippen LogP contribution in [0.15, 0.2) is 23.4 Å². The third kappa shape index (κ3) is 4.80. The molecule has 4 rings (SSSR count). The van der Waals surface area contributed by atoms with Gasteiger partial charge in [-0.05, 0) is 30.4 Å². The first kappa shape index (κ1) is 24.6. The van der Waals surface area contributed by atoms with Crippen LogP contribution in [0.25, 0.3) is 0 Å². The lowest BCUT2D eigenvalue weighted by Gasteiger charge is -2.44. The lowest BCUT2D eigenvalue weighted by Crippen LogP contribution is -2.47. The molecule has 2 aliphatic carbocycles. The predicted molar refractivity (Wildman–Crippen MR) is 113 cm³/mol. The highest BCUT2D eigenvalue weighted by atomic mass is 32.2. The Morgan fingerprint density at radius 3 is 2.47 bits per heavy atom. The predicted octanol–water partition coefficient (Wildman–Crippen LogP) is 5.29. The molecule has 2 aromatic heterocycles. The summed E-state index contributed by atoms with van der Waals surface area (Å²) in [4.78, 5) is 17.0. The normalized spacial score (nSPS) is 21.3. The molecule has 0 unspecified atom stereocenters. The second kappa shape index (κ2) is 7.99. The minimum absolute atomic E-state index is 0.00397. The molecule has 2 saturated carbocycles. The van der Waals surface area contributed by atoms with Gasteiger partial charge in [-0.1, -0.05) is 13.3 Å². The first-order valence-electron chi connectivity index (χ1n) is 10.6. The first-order chi connectivity index (χ1) is 15.6. The molecule has 2 aliphatic rings. The third-order valence-corrected chi connectivity index (χ3v) is 7.29. The topological polar surface area (TPSA) is 101 Å². The van der Waals surface area contributed by atoms with Crippen LogP contribution in [0.1, 0.15) is 66.7 Å². The van der Waals surface area contributed by atoms with Crippen LogP contribution in [0.4, 0.5) is 27.6 Å². The van der Waals surface area contributed by atoms with Crippen molar-refractivity contribution in [3.05, 3.63) is 35.3 Å². The first-order valence-corrected chi connectivity index (χ1v) is 12.6. The second-order valence-corrected chi connectivity index (χ2v) is 11.7. The van der Waals surface area contributed by atoms with E-state index in [0.29, 0.717) is 12.8 Å². The summed E-state index contributed by atoms with van der Waals surface area (Å²) in [6.07, 6.45) is -1.87. The fraction of sp³-hybridized carbons (Fsp3) is 0.571. The zero-order chi connectivity index (χ0) is 25.1. The number of hydrogen-bond donors (Lipinski definition) is 2. The Labute approximate surface area is 193 Å². The Balaban J connectivity index is 1.76. The maximum absolute atomic E-state index is 14.2. The summed E-state index contributed by atoms with van der Waals surface area (Å²) in [5, 5.41) is 6.34. The second-order valence-electron chi connectivity index (χ2n) is 9.59. The third-order valence-electron chi connectivity index (χ3n) is 6.26. The van der Waals surface area contributed by atoms with Crippen molar-refractivity contribution in [1.82, 2.24) is 14.8 Å². The van der Waals surface area contributed by atoms with E-state index in [9.17, 15) is 31.0 Å². The van der Waals surface area contributed by atoms with Crippen LogP contribution in [0.3, 0.4) is 0 Å².